The number of benzene rings is 1. The fourth-order valence-electron chi connectivity index (χ4n) is 3.25. The second-order valence-electron chi connectivity index (χ2n) is 5.38. The first-order valence-electron chi connectivity index (χ1n) is 6.55. The first kappa shape index (κ1) is 12.9. The Labute approximate surface area is 126 Å². The van der Waals surface area contributed by atoms with Gasteiger partial charge in [-0.2, -0.15) is 0 Å². The van der Waals surface area contributed by atoms with Crippen LogP contribution in [0.25, 0.3) is 0 Å². The van der Waals surface area contributed by atoms with E-state index in [1.54, 1.807) is 12.1 Å². The van der Waals surface area contributed by atoms with Crippen molar-refractivity contribution >= 4 is 28.3 Å². The van der Waals surface area contributed by atoms with E-state index in [-0.39, 0.29) is 10.6 Å². The van der Waals surface area contributed by atoms with Gasteiger partial charge in [-0.15, -0.1) is 0 Å². The number of rotatable bonds is 1. The second-order valence-corrected chi connectivity index (χ2v) is 6.82. The van der Waals surface area contributed by atoms with Crippen molar-refractivity contribution in [1.82, 2.24) is 0 Å². The van der Waals surface area contributed by atoms with Crippen molar-refractivity contribution in [3.63, 3.8) is 0 Å². The van der Waals surface area contributed by atoms with Crippen LogP contribution in [0.3, 0.4) is 0 Å². The number of hydrogen-bond donors (Lipinski definition) is 0. The van der Waals surface area contributed by atoms with Crippen molar-refractivity contribution in [2.24, 2.45) is 17.8 Å². The zero-order valence-electron chi connectivity index (χ0n) is 10.4. The van der Waals surface area contributed by atoms with Crippen molar-refractivity contribution < 1.29 is 4.92 Å². The number of alkyl halides is 1. The molecule has 0 aromatic heterocycles. The van der Waals surface area contributed by atoms with Crippen molar-refractivity contribution in [2.45, 2.75) is 23.2 Å². The minimum atomic E-state index is -0.381. The third-order valence-corrected chi connectivity index (χ3v) is 6.07. The Morgan fingerprint density at radius 3 is 2.47 bits per heavy atom. The number of nitro benzene ring substituents is 1. The van der Waals surface area contributed by atoms with Crippen LogP contribution in [0.1, 0.15) is 24.8 Å². The molecule has 0 aliphatic heterocycles. The van der Waals surface area contributed by atoms with Gasteiger partial charge in [-0.3, -0.25) is 10.1 Å². The normalized spacial score (nSPS) is 31.8. The lowest BCUT2D eigenvalue weighted by atomic mass is 9.89. The summed E-state index contributed by atoms with van der Waals surface area (Å²) in [6.45, 7) is 0. The molecule has 1 aromatic carbocycles. The molecule has 2 fully saturated rings. The Bertz CT molecular complexity index is 556. The summed E-state index contributed by atoms with van der Waals surface area (Å²) in [5.74, 6) is 8.74. The van der Waals surface area contributed by atoms with Gasteiger partial charge in [0.15, 0.2) is 0 Å². The molecule has 0 heterocycles. The van der Waals surface area contributed by atoms with Crippen LogP contribution in [0, 0.1) is 39.7 Å². The minimum absolute atomic E-state index is 0.122. The Morgan fingerprint density at radius 1 is 1.21 bits per heavy atom. The zero-order chi connectivity index (χ0) is 13.4. The highest BCUT2D eigenvalue weighted by atomic mass is 127. The Balaban J connectivity index is 1.75. The first-order valence-corrected chi connectivity index (χ1v) is 7.80. The third-order valence-electron chi connectivity index (χ3n) is 4.28. The fraction of sp³-hybridized carbons (Fsp3) is 0.467. The van der Waals surface area contributed by atoms with Crippen LogP contribution in [-0.2, 0) is 0 Å². The molecule has 3 rings (SSSR count). The molecule has 0 N–H and O–H groups in total. The highest BCUT2D eigenvalue weighted by molar-refractivity contribution is 14.1. The SMILES string of the molecule is O=[N+]([O-])c1ccc(C#CC2C3CCC(C3)C2I)cc1. The molecule has 19 heavy (non-hydrogen) atoms. The maximum Gasteiger partial charge on any atom is 0.269 e. The van der Waals surface area contributed by atoms with E-state index >= 15 is 0 Å². The molecule has 1 aromatic rings. The quantitative estimate of drug-likeness (QED) is 0.249. The van der Waals surface area contributed by atoms with Gasteiger partial charge in [-0.25, -0.2) is 0 Å². The van der Waals surface area contributed by atoms with E-state index in [0.717, 1.165) is 17.4 Å². The average Bonchev–Trinajstić information content (AvgIpc) is 2.98. The highest BCUT2D eigenvalue weighted by Crippen LogP contribution is 2.51. The smallest absolute Gasteiger partial charge is 0.258 e. The Kier molecular flexibility index (Phi) is 3.48. The van der Waals surface area contributed by atoms with E-state index in [9.17, 15) is 10.1 Å². The maximum absolute atomic E-state index is 10.6. The molecular weight excluding hydrogens is 353 g/mol. The van der Waals surface area contributed by atoms with Crippen LogP contribution in [0.4, 0.5) is 5.69 Å². The van der Waals surface area contributed by atoms with E-state index in [4.69, 9.17) is 0 Å². The summed E-state index contributed by atoms with van der Waals surface area (Å²) in [6, 6.07) is 6.51. The largest absolute Gasteiger partial charge is 0.269 e. The summed E-state index contributed by atoms with van der Waals surface area (Å²) in [7, 11) is 0. The minimum Gasteiger partial charge on any atom is -0.258 e. The van der Waals surface area contributed by atoms with Gasteiger partial charge in [-0.05, 0) is 43.2 Å². The van der Waals surface area contributed by atoms with Gasteiger partial charge in [0.25, 0.3) is 5.69 Å². The van der Waals surface area contributed by atoms with Gasteiger partial charge in [-0.1, -0.05) is 34.4 Å². The molecular formula is C15H14INO2. The van der Waals surface area contributed by atoms with E-state index in [1.807, 2.05) is 0 Å². The number of non-ortho nitro benzene ring substituents is 1. The highest BCUT2D eigenvalue weighted by Gasteiger charge is 2.45. The number of nitrogens with zero attached hydrogens (tertiary/aromatic N) is 1. The molecule has 3 nitrogen and oxygen atoms in total. The molecule has 2 bridgehead atoms. The standard InChI is InChI=1S/C15H14INO2/c16-15-12-5-4-11(9-12)14(15)8-3-10-1-6-13(7-2-10)17(18)19/h1-2,6-7,11-12,14-15H,4-5,9H2. The molecule has 2 saturated carbocycles. The molecule has 2 aliphatic rings. The van der Waals surface area contributed by atoms with E-state index in [1.165, 1.54) is 31.4 Å². The molecule has 2 aliphatic carbocycles. The number of nitro groups is 1. The number of halogens is 1. The summed E-state index contributed by atoms with van der Waals surface area (Å²) in [5.41, 5.74) is 0.995. The zero-order valence-corrected chi connectivity index (χ0v) is 12.5. The molecule has 0 amide bonds. The molecule has 0 saturated heterocycles. The number of hydrogen-bond acceptors (Lipinski definition) is 2. The molecule has 0 spiro atoms. The first-order chi connectivity index (χ1) is 9.15. The molecule has 98 valence electrons. The topological polar surface area (TPSA) is 43.1 Å². The van der Waals surface area contributed by atoms with Crippen molar-refractivity contribution in [3.05, 3.63) is 39.9 Å². The fourth-order valence-corrected chi connectivity index (χ4v) is 4.67. The van der Waals surface area contributed by atoms with Crippen molar-refractivity contribution in [2.75, 3.05) is 0 Å². The summed E-state index contributed by atoms with van der Waals surface area (Å²) < 4.78 is 0.682. The van der Waals surface area contributed by atoms with Gasteiger partial charge in [0.1, 0.15) is 0 Å². The van der Waals surface area contributed by atoms with Crippen molar-refractivity contribution in [3.8, 4) is 11.8 Å². The van der Waals surface area contributed by atoms with E-state index in [2.05, 4.69) is 34.4 Å². The monoisotopic (exact) mass is 367 g/mol. The van der Waals surface area contributed by atoms with Crippen LogP contribution >= 0.6 is 22.6 Å². The summed E-state index contributed by atoms with van der Waals surface area (Å²) in [6.07, 6.45) is 4.03. The van der Waals surface area contributed by atoms with Gasteiger partial charge < -0.3 is 0 Å². The maximum atomic E-state index is 10.6. The Hall–Kier alpha value is -1.09. The summed E-state index contributed by atoms with van der Waals surface area (Å²) in [4.78, 5) is 10.2. The molecule has 4 heteroatoms. The van der Waals surface area contributed by atoms with Gasteiger partial charge in [0.05, 0.1) is 4.92 Å². The lowest BCUT2D eigenvalue weighted by Gasteiger charge is -2.22. The second kappa shape index (κ2) is 5.12. The van der Waals surface area contributed by atoms with Gasteiger partial charge >= 0.3 is 0 Å². The number of fused-ring (bicyclic) bond motifs is 2. The van der Waals surface area contributed by atoms with Crippen LogP contribution in [0.5, 0.6) is 0 Å². The summed E-state index contributed by atoms with van der Waals surface area (Å²) >= 11 is 2.55. The van der Waals surface area contributed by atoms with E-state index in [0.29, 0.717) is 9.84 Å². The Morgan fingerprint density at radius 2 is 1.89 bits per heavy atom. The lowest BCUT2D eigenvalue weighted by Crippen LogP contribution is -2.20. The van der Waals surface area contributed by atoms with Crippen LogP contribution in [0.2, 0.25) is 0 Å². The van der Waals surface area contributed by atoms with E-state index < -0.39 is 0 Å². The predicted molar refractivity (Wildman–Crippen MR) is 82.1 cm³/mol. The van der Waals surface area contributed by atoms with Crippen molar-refractivity contribution in [1.29, 1.82) is 0 Å². The molecule has 0 radical (unpaired) electrons. The lowest BCUT2D eigenvalue weighted by molar-refractivity contribution is -0.384. The average molecular weight is 367 g/mol. The molecule has 4 atom stereocenters. The molecule has 4 unspecified atom stereocenters. The van der Waals surface area contributed by atoms with Crippen LogP contribution in [0.15, 0.2) is 24.3 Å². The van der Waals surface area contributed by atoms with Gasteiger partial charge in [0.2, 0.25) is 0 Å². The van der Waals surface area contributed by atoms with Gasteiger partial charge in [0, 0.05) is 27.5 Å². The summed E-state index contributed by atoms with van der Waals surface area (Å²) in [5, 5.41) is 10.6. The van der Waals surface area contributed by atoms with Crippen LogP contribution < -0.4 is 0 Å². The van der Waals surface area contributed by atoms with Crippen LogP contribution in [-0.4, -0.2) is 8.85 Å². The predicted octanol–water partition coefficient (Wildman–Crippen LogP) is 3.80. The third kappa shape index (κ3) is 2.48.